The Hall–Kier alpha value is -1.05. The zero-order valence-corrected chi connectivity index (χ0v) is 17.6. The van der Waals surface area contributed by atoms with Gasteiger partial charge in [0.2, 0.25) is 0 Å². The first-order valence-corrected chi connectivity index (χ1v) is 11.2. The molecule has 0 bridgehead atoms. The number of esters is 1. The molecule has 0 heterocycles. The molecule has 0 spiro atoms. The van der Waals surface area contributed by atoms with Gasteiger partial charge in [-0.1, -0.05) is 115 Å². The Balaban J connectivity index is 3.16. The van der Waals surface area contributed by atoms with Crippen LogP contribution in [0, 0.1) is 0 Å². The van der Waals surface area contributed by atoms with Crippen molar-refractivity contribution in [1.82, 2.24) is 0 Å². The number of allylic oxidation sites excluding steroid dienone is 3. The molecule has 0 aromatic rings. The van der Waals surface area contributed by atoms with Crippen LogP contribution in [-0.4, -0.2) is 12.6 Å². The fraction of sp³-hybridized carbons (Fsp3) is 0.792. The monoisotopic (exact) mass is 364 g/mol. The second-order valence-electron chi connectivity index (χ2n) is 7.34. The van der Waals surface area contributed by atoms with Gasteiger partial charge in [0, 0.05) is 6.42 Å². The Morgan fingerprint density at radius 3 is 1.62 bits per heavy atom. The van der Waals surface area contributed by atoms with E-state index in [9.17, 15) is 4.79 Å². The molecule has 152 valence electrons. The number of unbranched alkanes of at least 4 members (excludes halogenated alkanes) is 14. The summed E-state index contributed by atoms with van der Waals surface area (Å²) in [5.74, 6) is -0.0650. The molecule has 0 aromatic heterocycles. The van der Waals surface area contributed by atoms with Gasteiger partial charge >= 0.3 is 5.97 Å². The van der Waals surface area contributed by atoms with E-state index in [0.29, 0.717) is 13.0 Å². The van der Waals surface area contributed by atoms with Crippen LogP contribution in [0.3, 0.4) is 0 Å². The second-order valence-corrected chi connectivity index (χ2v) is 7.34. The summed E-state index contributed by atoms with van der Waals surface area (Å²) < 4.78 is 5.15. The van der Waals surface area contributed by atoms with E-state index in [2.05, 4.69) is 6.92 Å². The molecule has 0 radical (unpaired) electrons. The van der Waals surface area contributed by atoms with Gasteiger partial charge in [-0.15, -0.1) is 0 Å². The summed E-state index contributed by atoms with van der Waals surface area (Å²) in [6.45, 7) is 4.63. The van der Waals surface area contributed by atoms with Gasteiger partial charge in [0.05, 0.1) is 0 Å². The third-order valence-electron chi connectivity index (χ3n) is 4.76. The van der Waals surface area contributed by atoms with Crippen LogP contribution in [-0.2, 0) is 9.53 Å². The van der Waals surface area contributed by atoms with Gasteiger partial charge in [-0.3, -0.25) is 4.79 Å². The van der Waals surface area contributed by atoms with Gasteiger partial charge in [0.15, 0.2) is 0 Å². The van der Waals surface area contributed by atoms with Crippen LogP contribution in [0.1, 0.15) is 117 Å². The van der Waals surface area contributed by atoms with Crippen LogP contribution in [0.25, 0.3) is 0 Å². The maximum absolute atomic E-state index is 11.5. The highest BCUT2D eigenvalue weighted by molar-refractivity contribution is 5.69. The molecule has 0 fully saturated rings. The number of rotatable bonds is 19. The van der Waals surface area contributed by atoms with E-state index < -0.39 is 0 Å². The normalized spacial score (nSPS) is 11.6. The second kappa shape index (κ2) is 22.0. The van der Waals surface area contributed by atoms with Gasteiger partial charge in [0.25, 0.3) is 0 Å². The fourth-order valence-electron chi connectivity index (χ4n) is 3.10. The highest BCUT2D eigenvalue weighted by atomic mass is 16.5. The molecule has 2 nitrogen and oxygen atoms in total. The van der Waals surface area contributed by atoms with Crippen LogP contribution in [0.5, 0.6) is 0 Å². The van der Waals surface area contributed by atoms with E-state index in [1.807, 2.05) is 31.2 Å². The summed E-state index contributed by atoms with van der Waals surface area (Å²) in [6.07, 6.45) is 28.4. The largest absolute Gasteiger partial charge is 0.461 e. The quantitative estimate of drug-likeness (QED) is 0.132. The number of hydrogen-bond donors (Lipinski definition) is 0. The molecule has 0 amide bonds. The van der Waals surface area contributed by atoms with Crippen molar-refractivity contribution in [3.8, 4) is 0 Å². The molecular formula is C24H44O2. The van der Waals surface area contributed by atoms with Crippen molar-refractivity contribution in [2.75, 3.05) is 6.61 Å². The van der Waals surface area contributed by atoms with Crippen LogP contribution < -0.4 is 0 Å². The molecule has 0 aliphatic heterocycles. The Morgan fingerprint density at radius 2 is 1.15 bits per heavy atom. The van der Waals surface area contributed by atoms with Crippen molar-refractivity contribution in [2.45, 2.75) is 117 Å². The van der Waals surface area contributed by atoms with Crippen molar-refractivity contribution in [3.63, 3.8) is 0 Å². The minimum Gasteiger partial charge on any atom is -0.461 e. The van der Waals surface area contributed by atoms with E-state index >= 15 is 0 Å². The lowest BCUT2D eigenvalue weighted by atomic mass is 10.0. The average Bonchev–Trinajstić information content (AvgIpc) is 2.64. The van der Waals surface area contributed by atoms with Crippen molar-refractivity contribution in [1.29, 1.82) is 0 Å². The van der Waals surface area contributed by atoms with Crippen LogP contribution in [0.2, 0.25) is 0 Å². The predicted molar refractivity (Wildman–Crippen MR) is 114 cm³/mol. The smallest absolute Gasteiger partial charge is 0.306 e. The fourth-order valence-corrected chi connectivity index (χ4v) is 3.10. The van der Waals surface area contributed by atoms with Gasteiger partial charge < -0.3 is 4.74 Å². The van der Waals surface area contributed by atoms with Crippen molar-refractivity contribution < 1.29 is 9.53 Å². The molecule has 0 N–H and O–H groups in total. The molecule has 0 saturated heterocycles. The lowest BCUT2D eigenvalue weighted by Crippen LogP contribution is -2.03. The standard InChI is InChI=1S/C24H44O2/c1-3-5-7-9-10-11-12-13-14-15-16-17-18-19-20-22-24(25)26-23-21-8-6-4-2/h4,6,8,21H,3,5,7,9-20,22-23H2,1-2H3/b6-4+,21-8+. The van der Waals surface area contributed by atoms with E-state index in [-0.39, 0.29) is 5.97 Å². The average molecular weight is 365 g/mol. The van der Waals surface area contributed by atoms with Crippen molar-refractivity contribution in [3.05, 3.63) is 24.3 Å². The minimum atomic E-state index is -0.0650. The topological polar surface area (TPSA) is 26.3 Å². The van der Waals surface area contributed by atoms with Gasteiger partial charge in [-0.25, -0.2) is 0 Å². The zero-order valence-electron chi connectivity index (χ0n) is 17.6. The number of carbonyl (C=O) groups is 1. The number of carbonyl (C=O) groups excluding carboxylic acids is 1. The zero-order chi connectivity index (χ0) is 19.1. The first kappa shape index (κ1) is 24.9. The maximum Gasteiger partial charge on any atom is 0.306 e. The molecule has 0 atom stereocenters. The Bertz CT molecular complexity index is 344. The van der Waals surface area contributed by atoms with E-state index in [1.165, 1.54) is 83.5 Å². The Labute approximate surface area is 163 Å². The molecule has 0 aliphatic rings. The molecule has 0 aromatic carbocycles. The Morgan fingerprint density at radius 1 is 0.692 bits per heavy atom. The van der Waals surface area contributed by atoms with Crippen molar-refractivity contribution in [2.24, 2.45) is 0 Å². The highest BCUT2D eigenvalue weighted by Gasteiger charge is 2.01. The summed E-state index contributed by atoms with van der Waals surface area (Å²) in [6, 6.07) is 0. The summed E-state index contributed by atoms with van der Waals surface area (Å²) in [5, 5.41) is 0. The maximum atomic E-state index is 11.5. The molecular weight excluding hydrogens is 320 g/mol. The molecule has 26 heavy (non-hydrogen) atoms. The highest BCUT2D eigenvalue weighted by Crippen LogP contribution is 2.13. The summed E-state index contributed by atoms with van der Waals surface area (Å²) in [5.41, 5.74) is 0. The van der Waals surface area contributed by atoms with Crippen molar-refractivity contribution >= 4 is 5.97 Å². The lowest BCUT2D eigenvalue weighted by molar-refractivity contribution is -0.142. The van der Waals surface area contributed by atoms with Gasteiger partial charge in [0.1, 0.15) is 6.61 Å². The molecule has 0 aliphatic carbocycles. The van der Waals surface area contributed by atoms with E-state index in [1.54, 1.807) is 0 Å². The molecule has 0 unspecified atom stereocenters. The molecule has 2 heteroatoms. The third kappa shape index (κ3) is 21.0. The van der Waals surface area contributed by atoms with E-state index in [4.69, 9.17) is 4.74 Å². The predicted octanol–water partition coefficient (Wildman–Crippen LogP) is 7.92. The third-order valence-corrected chi connectivity index (χ3v) is 4.76. The van der Waals surface area contributed by atoms with Crippen LogP contribution in [0.15, 0.2) is 24.3 Å². The minimum absolute atomic E-state index is 0.0650. The summed E-state index contributed by atoms with van der Waals surface area (Å²) >= 11 is 0. The first-order valence-electron chi connectivity index (χ1n) is 11.2. The van der Waals surface area contributed by atoms with Gasteiger partial charge in [-0.2, -0.15) is 0 Å². The molecule has 0 rings (SSSR count). The Kier molecular flexibility index (Phi) is 21.1. The van der Waals surface area contributed by atoms with Crippen LogP contribution >= 0.6 is 0 Å². The summed E-state index contributed by atoms with van der Waals surface area (Å²) in [4.78, 5) is 11.5. The van der Waals surface area contributed by atoms with Crippen LogP contribution in [0.4, 0.5) is 0 Å². The van der Waals surface area contributed by atoms with Gasteiger partial charge in [-0.05, 0) is 19.4 Å². The molecule has 0 saturated carbocycles. The number of hydrogen-bond acceptors (Lipinski definition) is 2. The number of ether oxygens (including phenoxy) is 1. The van der Waals surface area contributed by atoms with E-state index in [0.717, 1.165) is 12.8 Å². The SMILES string of the molecule is C/C=C/C=C/COC(=O)CCCCCCCCCCCCCCCCC. The first-order chi connectivity index (χ1) is 12.8. The summed E-state index contributed by atoms with van der Waals surface area (Å²) in [7, 11) is 0. The lowest BCUT2D eigenvalue weighted by Gasteiger charge is -2.04.